The summed E-state index contributed by atoms with van der Waals surface area (Å²) in [6.07, 6.45) is -23.7. The van der Waals surface area contributed by atoms with Gasteiger partial charge in [0.05, 0.1) is 34.6 Å². The van der Waals surface area contributed by atoms with Crippen LogP contribution in [0, 0.1) is 5.21 Å². The molecule has 0 amide bonds. The van der Waals surface area contributed by atoms with Gasteiger partial charge in [0, 0.05) is 33.4 Å². The number of hydrogen-bond donors (Lipinski definition) is 0. The summed E-state index contributed by atoms with van der Waals surface area (Å²) in [6, 6.07) is 14.9. The van der Waals surface area contributed by atoms with Crippen molar-refractivity contribution in [3.63, 3.8) is 0 Å². The van der Waals surface area contributed by atoms with Crippen molar-refractivity contribution in [2.45, 2.75) is 37.0 Å². The molecule has 1 aromatic heterocycles. The SMILES string of the molecule is O=P(Cc1cccc(CP(=O)(c2ccccc2C(F)(F)F)c2ccccc2C(F)(F)F)[n+]1[O-])(c1ccccc1C(F)(F)F)c1ccccc1C(F)(F)F. The second kappa shape index (κ2) is 14.0. The summed E-state index contributed by atoms with van der Waals surface area (Å²) < 4.78 is 201. The molecule has 18 heteroatoms. The molecule has 0 saturated heterocycles. The molecule has 53 heavy (non-hydrogen) atoms. The monoisotopic (exact) mass is 795 g/mol. The standard InChI is InChI=1S/C35H23F12NO3P2/c36-32(37,38)24-12-1-5-16-28(24)52(50,29-17-6-2-13-25(29)33(39,40)41)20-22-10-9-11-23(48(22)49)21-53(51,30-18-7-3-14-26(30)34(42,43)44)31-19-8-4-15-27(31)35(45,46)47/h1-19H,20-21H2. The number of nitrogens with zero attached hydrogens (tertiary/aromatic N) is 1. The maximum atomic E-state index is 15.0. The van der Waals surface area contributed by atoms with E-state index in [1.807, 2.05) is 0 Å². The molecule has 0 saturated carbocycles. The van der Waals surface area contributed by atoms with E-state index in [-0.39, 0.29) is 4.73 Å². The number of rotatable bonds is 8. The third-order valence-electron chi connectivity index (χ3n) is 8.26. The smallest absolute Gasteiger partial charge is 0.417 e. The van der Waals surface area contributed by atoms with Crippen LogP contribution in [0.25, 0.3) is 0 Å². The molecule has 1 heterocycles. The summed E-state index contributed by atoms with van der Waals surface area (Å²) in [5, 5.41) is 9.57. The highest BCUT2D eigenvalue weighted by atomic mass is 31.2. The summed E-state index contributed by atoms with van der Waals surface area (Å²) >= 11 is 0. The molecule has 0 aliphatic rings. The molecule has 0 aliphatic carbocycles. The summed E-state index contributed by atoms with van der Waals surface area (Å²) in [6.45, 7) is 0. The quantitative estimate of drug-likeness (QED) is 0.0681. The summed E-state index contributed by atoms with van der Waals surface area (Å²) in [4.78, 5) is 0. The van der Waals surface area contributed by atoms with Gasteiger partial charge in [0.25, 0.3) is 0 Å². The van der Waals surface area contributed by atoms with E-state index in [2.05, 4.69) is 0 Å². The van der Waals surface area contributed by atoms with E-state index in [0.717, 1.165) is 66.7 Å². The lowest BCUT2D eigenvalue weighted by Crippen LogP contribution is -2.40. The van der Waals surface area contributed by atoms with E-state index < -0.39 is 106 Å². The van der Waals surface area contributed by atoms with E-state index in [1.54, 1.807) is 0 Å². The third kappa shape index (κ3) is 7.89. The molecule has 0 spiro atoms. The fourth-order valence-electron chi connectivity index (χ4n) is 5.99. The Bertz CT molecular complexity index is 1970. The van der Waals surface area contributed by atoms with Crippen LogP contribution in [0.4, 0.5) is 52.7 Å². The normalized spacial score (nSPS) is 13.3. The van der Waals surface area contributed by atoms with Crippen LogP contribution in [0.5, 0.6) is 0 Å². The van der Waals surface area contributed by atoms with Crippen molar-refractivity contribution in [1.82, 2.24) is 0 Å². The summed E-state index contributed by atoms with van der Waals surface area (Å²) in [5.41, 5.74) is -7.87. The lowest BCUT2D eigenvalue weighted by atomic mass is 10.2. The van der Waals surface area contributed by atoms with Crippen molar-refractivity contribution < 1.29 is 66.5 Å². The highest BCUT2D eigenvalue weighted by molar-refractivity contribution is 7.78. The average Bonchev–Trinajstić information content (AvgIpc) is 3.08. The Morgan fingerprint density at radius 1 is 0.396 bits per heavy atom. The van der Waals surface area contributed by atoms with Crippen LogP contribution >= 0.6 is 14.3 Å². The minimum atomic E-state index is -5.25. The van der Waals surface area contributed by atoms with Crippen molar-refractivity contribution in [1.29, 1.82) is 0 Å². The first kappa shape index (κ1) is 39.7. The summed E-state index contributed by atoms with van der Waals surface area (Å²) in [7, 11) is -10.4. The minimum absolute atomic E-state index is 0.196. The maximum absolute atomic E-state index is 15.0. The topological polar surface area (TPSA) is 61.1 Å². The predicted molar refractivity (Wildman–Crippen MR) is 172 cm³/mol. The highest BCUT2D eigenvalue weighted by Crippen LogP contribution is 2.54. The molecule has 0 aliphatic heterocycles. The first-order valence-electron chi connectivity index (χ1n) is 15.1. The molecular weight excluding hydrogens is 772 g/mol. The van der Waals surface area contributed by atoms with Gasteiger partial charge in [-0.3, -0.25) is 0 Å². The van der Waals surface area contributed by atoms with Crippen LogP contribution in [-0.2, 0) is 46.2 Å². The molecule has 280 valence electrons. The van der Waals surface area contributed by atoms with Crippen LogP contribution in [0.3, 0.4) is 0 Å². The zero-order valence-corrected chi connectivity index (χ0v) is 28.3. The Labute approximate surface area is 293 Å². The van der Waals surface area contributed by atoms with Gasteiger partial charge < -0.3 is 14.3 Å². The molecule has 4 aromatic carbocycles. The molecular formula is C35H23F12NO3P2. The van der Waals surface area contributed by atoms with Gasteiger partial charge >= 0.3 is 24.7 Å². The molecule has 4 nitrogen and oxygen atoms in total. The van der Waals surface area contributed by atoms with E-state index in [0.29, 0.717) is 48.5 Å². The zero-order chi connectivity index (χ0) is 39.2. The Balaban J connectivity index is 1.77. The largest absolute Gasteiger partial charge is 0.618 e. The van der Waals surface area contributed by atoms with E-state index >= 15 is 0 Å². The van der Waals surface area contributed by atoms with Gasteiger partial charge in [-0.15, -0.1) is 0 Å². The van der Waals surface area contributed by atoms with Crippen molar-refractivity contribution in [2.75, 3.05) is 0 Å². The van der Waals surface area contributed by atoms with Gasteiger partial charge in [-0.05, 0) is 30.3 Å². The number of hydrogen-bond acceptors (Lipinski definition) is 3. The number of aromatic nitrogens is 1. The van der Waals surface area contributed by atoms with Crippen LogP contribution in [0.2, 0.25) is 0 Å². The van der Waals surface area contributed by atoms with Crippen molar-refractivity contribution in [3.05, 3.63) is 154 Å². The second-order valence-electron chi connectivity index (χ2n) is 11.7. The first-order chi connectivity index (χ1) is 24.5. The lowest BCUT2D eigenvalue weighted by molar-refractivity contribution is -0.620. The van der Waals surface area contributed by atoms with Crippen LogP contribution < -0.4 is 25.9 Å². The fourth-order valence-corrected chi connectivity index (χ4v) is 12.2. The summed E-state index contributed by atoms with van der Waals surface area (Å²) in [5.74, 6) is 0. The van der Waals surface area contributed by atoms with Gasteiger partial charge in [-0.25, -0.2) is 0 Å². The molecule has 0 unspecified atom stereocenters. The Kier molecular flexibility index (Phi) is 10.5. The zero-order valence-electron chi connectivity index (χ0n) is 26.5. The fraction of sp³-hybridized carbons (Fsp3) is 0.171. The van der Waals surface area contributed by atoms with Crippen LogP contribution in [0.1, 0.15) is 33.6 Å². The van der Waals surface area contributed by atoms with Crippen molar-refractivity contribution >= 4 is 35.5 Å². The van der Waals surface area contributed by atoms with Gasteiger partial charge in [0.2, 0.25) is 11.4 Å². The van der Waals surface area contributed by atoms with Gasteiger partial charge in [0.15, 0.2) is 14.3 Å². The number of pyridine rings is 1. The second-order valence-corrected chi connectivity index (χ2v) is 17.2. The molecule has 0 fully saturated rings. The average molecular weight is 795 g/mol. The van der Waals surface area contributed by atoms with Crippen LogP contribution in [-0.4, -0.2) is 0 Å². The molecule has 0 N–H and O–H groups in total. The Morgan fingerprint density at radius 2 is 0.623 bits per heavy atom. The van der Waals surface area contributed by atoms with Gasteiger partial charge in [-0.1, -0.05) is 72.8 Å². The van der Waals surface area contributed by atoms with Gasteiger partial charge in [0.1, 0.15) is 0 Å². The number of benzene rings is 4. The van der Waals surface area contributed by atoms with E-state index in [9.17, 15) is 67.0 Å². The molecule has 0 radical (unpaired) electrons. The van der Waals surface area contributed by atoms with Crippen molar-refractivity contribution in [3.8, 4) is 0 Å². The van der Waals surface area contributed by atoms with E-state index in [1.165, 1.54) is 0 Å². The highest BCUT2D eigenvalue weighted by Gasteiger charge is 2.48. The lowest BCUT2D eigenvalue weighted by Gasteiger charge is -2.26. The maximum Gasteiger partial charge on any atom is 0.417 e. The van der Waals surface area contributed by atoms with E-state index in [4.69, 9.17) is 0 Å². The Hall–Kier alpha value is -4.55. The predicted octanol–water partition coefficient (Wildman–Crippen LogP) is 9.42. The minimum Gasteiger partial charge on any atom is -0.618 e. The van der Waals surface area contributed by atoms with Gasteiger partial charge in [-0.2, -0.15) is 57.4 Å². The third-order valence-corrected chi connectivity index (χ3v) is 14.5. The molecule has 0 atom stereocenters. The molecule has 5 rings (SSSR count). The number of alkyl halides is 12. The Morgan fingerprint density at radius 3 is 0.849 bits per heavy atom. The van der Waals surface area contributed by atoms with Crippen LogP contribution in [0.15, 0.2) is 115 Å². The first-order valence-corrected chi connectivity index (χ1v) is 18.8. The number of halogens is 12. The van der Waals surface area contributed by atoms with Crippen molar-refractivity contribution in [2.24, 2.45) is 0 Å². The molecule has 0 bridgehead atoms. The molecule has 5 aromatic rings.